The molecule has 2 saturated heterocycles. The van der Waals surface area contributed by atoms with Crippen LogP contribution >= 0.6 is 0 Å². The van der Waals surface area contributed by atoms with Crippen molar-refractivity contribution in [1.82, 2.24) is 4.90 Å². The number of rotatable bonds is 7. The van der Waals surface area contributed by atoms with E-state index >= 15 is 0 Å². The molecule has 0 spiro atoms. The van der Waals surface area contributed by atoms with Crippen molar-refractivity contribution in [2.45, 2.75) is 70.2 Å². The Morgan fingerprint density at radius 3 is 2.16 bits per heavy atom. The summed E-state index contributed by atoms with van der Waals surface area (Å²) in [6.45, 7) is 3.83. The first kappa shape index (κ1) is 26.1. The quantitative estimate of drug-likeness (QED) is 0.409. The highest BCUT2D eigenvalue weighted by Gasteiger charge is 2.33. The zero-order chi connectivity index (χ0) is 25.5. The number of nitrogens with two attached hydrogens (primary N) is 1. The van der Waals surface area contributed by atoms with Crippen LogP contribution in [0.2, 0.25) is 0 Å². The van der Waals surface area contributed by atoms with E-state index in [0.717, 1.165) is 59.4 Å². The summed E-state index contributed by atoms with van der Waals surface area (Å²) in [4.78, 5) is 2.59. The standard InChI is InChI=1S/C32H40N2O3/c33-21-25-7-6-8-29(19-25)26-13-15-28(16-14-26)32-36-30(22-34-17-4-2-1-3-5-18-34)20-31(37-32)27-11-9-24(23-35)10-12-27/h6-16,19,30-32,35H,1-5,17-18,20-23,33H2/t30-,31+,32+/m0/s1. The van der Waals surface area contributed by atoms with Gasteiger partial charge >= 0.3 is 0 Å². The van der Waals surface area contributed by atoms with Crippen LogP contribution in [0, 0.1) is 0 Å². The number of aliphatic hydroxyl groups is 1. The van der Waals surface area contributed by atoms with Gasteiger partial charge in [0.15, 0.2) is 6.29 Å². The van der Waals surface area contributed by atoms with E-state index in [9.17, 15) is 5.11 Å². The first-order valence-electron chi connectivity index (χ1n) is 13.8. The van der Waals surface area contributed by atoms with E-state index < -0.39 is 6.29 Å². The lowest BCUT2D eigenvalue weighted by atomic mass is 9.98. The van der Waals surface area contributed by atoms with Crippen molar-refractivity contribution < 1.29 is 14.6 Å². The van der Waals surface area contributed by atoms with Crippen molar-refractivity contribution in [2.24, 2.45) is 5.73 Å². The molecular formula is C32H40N2O3. The average molecular weight is 501 g/mol. The zero-order valence-corrected chi connectivity index (χ0v) is 21.7. The van der Waals surface area contributed by atoms with Crippen molar-refractivity contribution in [3.8, 4) is 11.1 Å². The van der Waals surface area contributed by atoms with Crippen LogP contribution in [0.4, 0.5) is 0 Å². The Labute approximate surface area is 221 Å². The van der Waals surface area contributed by atoms with Gasteiger partial charge in [0, 0.05) is 25.1 Å². The second kappa shape index (κ2) is 12.8. The molecule has 3 atom stereocenters. The van der Waals surface area contributed by atoms with Gasteiger partial charge in [-0.1, -0.05) is 86.0 Å². The maximum absolute atomic E-state index is 9.47. The third-order valence-corrected chi connectivity index (χ3v) is 7.70. The molecule has 5 rings (SSSR count). The molecule has 0 aliphatic carbocycles. The summed E-state index contributed by atoms with van der Waals surface area (Å²) in [5.41, 5.74) is 12.4. The number of ether oxygens (including phenoxy) is 2. The van der Waals surface area contributed by atoms with Gasteiger partial charge in [-0.25, -0.2) is 0 Å². The highest BCUT2D eigenvalue weighted by atomic mass is 16.7. The Kier molecular flexibility index (Phi) is 9.03. The molecule has 0 radical (unpaired) electrons. The fourth-order valence-electron chi connectivity index (χ4n) is 5.53. The summed E-state index contributed by atoms with van der Waals surface area (Å²) in [6, 6.07) is 25.1. The summed E-state index contributed by atoms with van der Waals surface area (Å²) in [5, 5.41) is 9.47. The highest BCUT2D eigenvalue weighted by Crippen LogP contribution is 2.38. The van der Waals surface area contributed by atoms with Crippen LogP contribution in [0.3, 0.4) is 0 Å². The molecule has 2 fully saturated rings. The first-order valence-corrected chi connectivity index (χ1v) is 13.8. The van der Waals surface area contributed by atoms with E-state index in [1.54, 1.807) is 0 Å². The number of likely N-dealkylation sites (tertiary alicyclic amines) is 1. The summed E-state index contributed by atoms with van der Waals surface area (Å²) in [7, 11) is 0. The van der Waals surface area contributed by atoms with Crippen LogP contribution in [0.5, 0.6) is 0 Å². The second-order valence-corrected chi connectivity index (χ2v) is 10.4. The smallest absolute Gasteiger partial charge is 0.184 e. The molecule has 2 aliphatic rings. The van der Waals surface area contributed by atoms with Crippen LogP contribution in [-0.4, -0.2) is 35.7 Å². The van der Waals surface area contributed by atoms with E-state index in [1.807, 2.05) is 12.1 Å². The van der Waals surface area contributed by atoms with E-state index in [-0.39, 0.29) is 18.8 Å². The lowest BCUT2D eigenvalue weighted by Gasteiger charge is -2.38. The predicted molar refractivity (Wildman–Crippen MR) is 148 cm³/mol. The van der Waals surface area contributed by atoms with Gasteiger partial charge in [0.25, 0.3) is 0 Å². The maximum Gasteiger partial charge on any atom is 0.184 e. The molecule has 0 amide bonds. The molecule has 0 saturated carbocycles. The molecule has 3 aromatic carbocycles. The largest absolute Gasteiger partial charge is 0.392 e. The van der Waals surface area contributed by atoms with Gasteiger partial charge in [0.1, 0.15) is 0 Å². The average Bonchev–Trinajstić information content (AvgIpc) is 2.94. The summed E-state index contributed by atoms with van der Waals surface area (Å²) in [6.07, 6.45) is 7.02. The first-order chi connectivity index (χ1) is 18.2. The minimum atomic E-state index is -0.416. The fraction of sp³-hybridized carbons (Fsp3) is 0.438. The van der Waals surface area contributed by atoms with Crippen molar-refractivity contribution in [1.29, 1.82) is 0 Å². The molecule has 2 heterocycles. The lowest BCUT2D eigenvalue weighted by molar-refractivity contribution is -0.253. The van der Waals surface area contributed by atoms with Crippen LogP contribution in [0.15, 0.2) is 72.8 Å². The molecule has 2 aliphatic heterocycles. The topological polar surface area (TPSA) is 68.0 Å². The van der Waals surface area contributed by atoms with Gasteiger partial charge in [0.2, 0.25) is 0 Å². The Hall–Kier alpha value is -2.54. The monoisotopic (exact) mass is 500 g/mol. The van der Waals surface area contributed by atoms with Gasteiger partial charge < -0.3 is 25.2 Å². The third-order valence-electron chi connectivity index (χ3n) is 7.70. The molecule has 3 N–H and O–H groups in total. The Balaban J connectivity index is 1.35. The molecule has 0 bridgehead atoms. The Morgan fingerprint density at radius 2 is 1.46 bits per heavy atom. The van der Waals surface area contributed by atoms with E-state index in [4.69, 9.17) is 15.2 Å². The van der Waals surface area contributed by atoms with Crippen molar-refractivity contribution in [2.75, 3.05) is 19.6 Å². The van der Waals surface area contributed by atoms with E-state index in [1.165, 1.54) is 32.1 Å². The predicted octanol–water partition coefficient (Wildman–Crippen LogP) is 6.12. The molecule has 3 aromatic rings. The number of nitrogens with zero attached hydrogens (tertiary/aromatic N) is 1. The minimum absolute atomic E-state index is 0.0489. The molecule has 196 valence electrons. The van der Waals surface area contributed by atoms with Crippen LogP contribution in [0.25, 0.3) is 11.1 Å². The fourth-order valence-corrected chi connectivity index (χ4v) is 5.53. The Morgan fingerprint density at radius 1 is 0.757 bits per heavy atom. The summed E-state index contributed by atoms with van der Waals surface area (Å²) >= 11 is 0. The SMILES string of the molecule is NCc1cccc(-c2ccc([C@@H]3O[C@H](CN4CCCCCCC4)C[C@H](c4ccc(CO)cc4)O3)cc2)c1. The van der Waals surface area contributed by atoms with Crippen molar-refractivity contribution >= 4 is 0 Å². The highest BCUT2D eigenvalue weighted by molar-refractivity contribution is 5.64. The molecule has 37 heavy (non-hydrogen) atoms. The number of hydrogen-bond donors (Lipinski definition) is 2. The van der Waals surface area contributed by atoms with Crippen LogP contribution in [0.1, 0.15) is 73.2 Å². The number of benzene rings is 3. The Bertz CT molecular complexity index is 1110. The van der Waals surface area contributed by atoms with Crippen LogP contribution in [-0.2, 0) is 22.6 Å². The molecular weight excluding hydrogens is 460 g/mol. The van der Waals surface area contributed by atoms with Gasteiger partial charge in [0.05, 0.1) is 18.8 Å². The van der Waals surface area contributed by atoms with Gasteiger partial charge in [-0.3, -0.25) is 0 Å². The lowest BCUT2D eigenvalue weighted by Crippen LogP contribution is -2.40. The van der Waals surface area contributed by atoms with Gasteiger partial charge in [-0.05, 0) is 59.8 Å². The summed E-state index contributed by atoms with van der Waals surface area (Å²) in [5.74, 6) is 0. The van der Waals surface area contributed by atoms with E-state index in [2.05, 4.69) is 65.6 Å². The number of aliphatic hydroxyl groups excluding tert-OH is 1. The normalized spacial score (nSPS) is 23.4. The zero-order valence-electron chi connectivity index (χ0n) is 21.7. The molecule has 5 heteroatoms. The summed E-state index contributed by atoms with van der Waals surface area (Å²) < 4.78 is 13.2. The molecule has 0 aromatic heterocycles. The van der Waals surface area contributed by atoms with Crippen molar-refractivity contribution in [3.63, 3.8) is 0 Å². The third kappa shape index (κ3) is 6.86. The molecule has 0 unspecified atom stereocenters. The maximum atomic E-state index is 9.47. The van der Waals surface area contributed by atoms with Gasteiger partial charge in [-0.2, -0.15) is 0 Å². The second-order valence-electron chi connectivity index (χ2n) is 10.4. The van der Waals surface area contributed by atoms with Gasteiger partial charge in [-0.15, -0.1) is 0 Å². The van der Waals surface area contributed by atoms with E-state index in [0.29, 0.717) is 6.54 Å². The number of hydrogen-bond acceptors (Lipinski definition) is 5. The van der Waals surface area contributed by atoms with Crippen LogP contribution < -0.4 is 5.73 Å². The molecule has 5 nitrogen and oxygen atoms in total. The van der Waals surface area contributed by atoms with Crippen molar-refractivity contribution in [3.05, 3.63) is 95.1 Å². The minimum Gasteiger partial charge on any atom is -0.392 e.